The fourth-order valence-corrected chi connectivity index (χ4v) is 2.81. The third-order valence-corrected chi connectivity index (χ3v) is 3.87. The van der Waals surface area contributed by atoms with E-state index in [0.717, 1.165) is 9.86 Å². The molecular weight excluding hydrogens is 340 g/mol. The fourth-order valence-electron chi connectivity index (χ4n) is 2.44. The predicted octanol–water partition coefficient (Wildman–Crippen LogP) is 2.27. The molecule has 2 aromatic rings. The molecule has 0 aromatic heterocycles. The van der Waals surface area contributed by atoms with Gasteiger partial charge in [0.05, 0.1) is 12.2 Å². The normalized spacial score (nSPS) is 20.2. The largest absolute Gasteiger partial charge is 0.463 e. The van der Waals surface area contributed by atoms with E-state index in [4.69, 9.17) is 9.47 Å². The van der Waals surface area contributed by atoms with Gasteiger partial charge in [-0.1, -0.05) is 28.1 Å². The van der Waals surface area contributed by atoms with Crippen LogP contribution in [0.2, 0.25) is 0 Å². The highest BCUT2D eigenvalue weighted by Crippen LogP contribution is 2.43. The summed E-state index contributed by atoms with van der Waals surface area (Å²) >= 11 is 3.35. The second-order valence-electron chi connectivity index (χ2n) is 4.62. The van der Waals surface area contributed by atoms with Crippen molar-refractivity contribution in [3.05, 3.63) is 40.4 Å². The average molecular weight is 351 g/mol. The lowest BCUT2D eigenvalue weighted by atomic mass is 9.90. The van der Waals surface area contributed by atoms with Crippen LogP contribution in [-0.4, -0.2) is 23.7 Å². The molecule has 0 bridgehead atoms. The highest BCUT2D eigenvalue weighted by atomic mass is 79.9. The van der Waals surface area contributed by atoms with E-state index < -0.39 is 17.5 Å². The summed E-state index contributed by atoms with van der Waals surface area (Å²) in [6, 6.07) is 8.60. The molecule has 0 fully saturated rings. The lowest BCUT2D eigenvalue weighted by Crippen LogP contribution is -2.43. The zero-order chi connectivity index (χ0) is 15.2. The smallest absolute Gasteiger partial charge is 0.360 e. The maximum absolute atomic E-state index is 12.1. The number of hydrogen-bond donors (Lipinski definition) is 1. The number of benzene rings is 2. The Hall–Kier alpha value is -1.92. The molecule has 2 aromatic carbocycles. The van der Waals surface area contributed by atoms with E-state index in [-0.39, 0.29) is 17.9 Å². The van der Waals surface area contributed by atoms with Gasteiger partial charge in [-0.3, -0.25) is 0 Å². The van der Waals surface area contributed by atoms with Crippen molar-refractivity contribution in [1.82, 2.24) is 0 Å². The van der Waals surface area contributed by atoms with Crippen LogP contribution in [0.4, 0.5) is 0 Å². The maximum Gasteiger partial charge on any atom is 0.360 e. The Morgan fingerprint density at radius 1 is 1.38 bits per heavy atom. The van der Waals surface area contributed by atoms with E-state index in [2.05, 4.69) is 15.9 Å². The molecule has 1 unspecified atom stereocenters. The van der Waals surface area contributed by atoms with Gasteiger partial charge in [0.1, 0.15) is 5.75 Å². The van der Waals surface area contributed by atoms with Crippen LogP contribution in [0.25, 0.3) is 10.8 Å². The molecule has 0 amide bonds. The molecule has 1 aliphatic heterocycles. The summed E-state index contributed by atoms with van der Waals surface area (Å²) in [4.78, 5) is 24.1. The summed E-state index contributed by atoms with van der Waals surface area (Å²) in [5, 5.41) is 12.0. The van der Waals surface area contributed by atoms with E-state index in [0.29, 0.717) is 5.39 Å². The third kappa shape index (κ3) is 1.94. The third-order valence-electron chi connectivity index (χ3n) is 3.37. The molecule has 21 heavy (non-hydrogen) atoms. The first-order valence-corrected chi connectivity index (χ1v) is 7.12. The van der Waals surface area contributed by atoms with E-state index in [1.54, 1.807) is 31.2 Å². The van der Waals surface area contributed by atoms with Crippen molar-refractivity contribution in [2.24, 2.45) is 0 Å². The van der Waals surface area contributed by atoms with Gasteiger partial charge in [-0.15, -0.1) is 0 Å². The van der Waals surface area contributed by atoms with Gasteiger partial charge in [-0.05, 0) is 35.9 Å². The Bertz CT molecular complexity index is 770. The number of fused-ring (bicyclic) bond motifs is 3. The van der Waals surface area contributed by atoms with Crippen molar-refractivity contribution in [2.45, 2.75) is 12.5 Å². The Labute approximate surface area is 128 Å². The SMILES string of the molecule is CCOC(=O)C1(O)C(=O)Oc2ccc3cc(Br)ccc3c21. The van der Waals surface area contributed by atoms with Gasteiger partial charge in [0.25, 0.3) is 5.60 Å². The first-order chi connectivity index (χ1) is 9.98. The maximum atomic E-state index is 12.1. The summed E-state index contributed by atoms with van der Waals surface area (Å²) < 4.78 is 10.7. The highest BCUT2D eigenvalue weighted by Gasteiger charge is 2.56. The fraction of sp³-hybridized carbons (Fsp3) is 0.200. The van der Waals surface area contributed by atoms with Crippen LogP contribution in [-0.2, 0) is 19.9 Å². The molecule has 1 aliphatic rings. The minimum Gasteiger partial charge on any atom is -0.463 e. The summed E-state index contributed by atoms with van der Waals surface area (Å²) in [5.74, 6) is -1.89. The molecule has 1 heterocycles. The van der Waals surface area contributed by atoms with Crippen molar-refractivity contribution >= 4 is 38.6 Å². The minimum atomic E-state index is -2.42. The number of ether oxygens (including phenoxy) is 2. The lowest BCUT2D eigenvalue weighted by Gasteiger charge is -2.18. The first kappa shape index (κ1) is 14.0. The number of carbonyl (C=O) groups excluding carboxylic acids is 2. The molecule has 0 saturated heterocycles. The minimum absolute atomic E-state index is 0.0556. The van der Waals surface area contributed by atoms with Crippen molar-refractivity contribution in [3.8, 4) is 5.75 Å². The van der Waals surface area contributed by atoms with E-state index in [1.165, 1.54) is 0 Å². The van der Waals surface area contributed by atoms with Gasteiger partial charge >= 0.3 is 11.9 Å². The number of rotatable bonds is 2. The average Bonchev–Trinajstić information content (AvgIpc) is 2.72. The van der Waals surface area contributed by atoms with Crippen LogP contribution in [0.5, 0.6) is 5.75 Å². The molecular formula is C15H11BrO5. The molecule has 1 N–H and O–H groups in total. The number of hydrogen-bond acceptors (Lipinski definition) is 5. The van der Waals surface area contributed by atoms with Gasteiger partial charge in [0, 0.05) is 4.47 Å². The van der Waals surface area contributed by atoms with Crippen molar-refractivity contribution in [2.75, 3.05) is 6.61 Å². The molecule has 108 valence electrons. The van der Waals surface area contributed by atoms with E-state index in [1.807, 2.05) is 6.07 Å². The van der Waals surface area contributed by atoms with E-state index >= 15 is 0 Å². The van der Waals surface area contributed by atoms with Gasteiger partial charge in [-0.25, -0.2) is 9.59 Å². The number of aliphatic hydroxyl groups is 1. The molecule has 0 radical (unpaired) electrons. The summed E-state index contributed by atoms with van der Waals surface area (Å²) in [5.41, 5.74) is -2.28. The Morgan fingerprint density at radius 2 is 2.14 bits per heavy atom. The number of halogens is 1. The van der Waals surface area contributed by atoms with Crippen molar-refractivity contribution in [1.29, 1.82) is 0 Å². The molecule has 6 heteroatoms. The van der Waals surface area contributed by atoms with Crippen molar-refractivity contribution in [3.63, 3.8) is 0 Å². The monoisotopic (exact) mass is 350 g/mol. The first-order valence-electron chi connectivity index (χ1n) is 6.33. The summed E-state index contributed by atoms with van der Waals surface area (Å²) in [7, 11) is 0. The Morgan fingerprint density at radius 3 is 2.86 bits per heavy atom. The summed E-state index contributed by atoms with van der Waals surface area (Å²) in [6.45, 7) is 1.66. The van der Waals surface area contributed by atoms with Crippen LogP contribution >= 0.6 is 15.9 Å². The van der Waals surface area contributed by atoms with Crippen LogP contribution in [0, 0.1) is 0 Å². The topological polar surface area (TPSA) is 72.8 Å². The quantitative estimate of drug-likeness (QED) is 0.511. The molecule has 1 atom stereocenters. The second kappa shape index (κ2) is 4.82. The van der Waals surface area contributed by atoms with Gasteiger partial charge in [-0.2, -0.15) is 0 Å². The van der Waals surface area contributed by atoms with Crippen LogP contribution < -0.4 is 4.74 Å². The molecule has 5 nitrogen and oxygen atoms in total. The zero-order valence-corrected chi connectivity index (χ0v) is 12.6. The summed E-state index contributed by atoms with van der Waals surface area (Å²) in [6.07, 6.45) is 0. The molecule has 0 spiro atoms. The highest BCUT2D eigenvalue weighted by molar-refractivity contribution is 9.10. The lowest BCUT2D eigenvalue weighted by molar-refractivity contribution is -0.175. The predicted molar refractivity (Wildman–Crippen MR) is 77.8 cm³/mol. The standard InChI is InChI=1S/C15H11BrO5/c1-2-20-13(17)15(19)12-10-5-4-9(16)7-8(10)3-6-11(12)21-14(15)18/h3-7,19H,2H2,1H3. The van der Waals surface area contributed by atoms with Crippen molar-refractivity contribution < 1.29 is 24.2 Å². The Balaban J connectivity index is 2.30. The van der Waals surface area contributed by atoms with Gasteiger partial charge in [0.2, 0.25) is 0 Å². The van der Waals surface area contributed by atoms with Crippen LogP contribution in [0.15, 0.2) is 34.8 Å². The van der Waals surface area contributed by atoms with Crippen LogP contribution in [0.3, 0.4) is 0 Å². The zero-order valence-electron chi connectivity index (χ0n) is 11.1. The van der Waals surface area contributed by atoms with Crippen LogP contribution in [0.1, 0.15) is 12.5 Å². The van der Waals surface area contributed by atoms with Gasteiger partial charge in [0.15, 0.2) is 0 Å². The molecule has 0 aliphatic carbocycles. The van der Waals surface area contributed by atoms with Gasteiger partial charge < -0.3 is 14.6 Å². The van der Waals surface area contributed by atoms with E-state index in [9.17, 15) is 14.7 Å². The molecule has 3 rings (SSSR count). The number of esters is 2. The Kier molecular flexibility index (Phi) is 3.22. The second-order valence-corrected chi connectivity index (χ2v) is 5.54. The molecule has 0 saturated carbocycles. The number of carbonyl (C=O) groups is 2.